The van der Waals surface area contributed by atoms with Crippen molar-refractivity contribution in [3.8, 4) is 10.6 Å². The first-order valence-corrected chi connectivity index (χ1v) is 11.0. The Balaban J connectivity index is 1.29. The topological polar surface area (TPSA) is 74.3 Å². The van der Waals surface area contributed by atoms with Crippen molar-refractivity contribution < 1.29 is 9.59 Å². The van der Waals surface area contributed by atoms with Gasteiger partial charge in [-0.2, -0.15) is 0 Å². The highest BCUT2D eigenvalue weighted by molar-refractivity contribution is 7.13. The molecule has 2 aromatic carbocycles. The highest BCUT2D eigenvalue weighted by Gasteiger charge is 2.25. The van der Waals surface area contributed by atoms with Crippen LogP contribution in [-0.2, 0) is 0 Å². The van der Waals surface area contributed by atoms with Gasteiger partial charge in [0.1, 0.15) is 10.7 Å². The minimum atomic E-state index is -0.188. The molecule has 0 atom stereocenters. The van der Waals surface area contributed by atoms with Gasteiger partial charge in [0, 0.05) is 40.8 Å². The van der Waals surface area contributed by atoms with E-state index in [-0.39, 0.29) is 18.0 Å². The van der Waals surface area contributed by atoms with Crippen molar-refractivity contribution in [2.75, 3.05) is 18.4 Å². The van der Waals surface area contributed by atoms with Gasteiger partial charge in [-0.15, -0.1) is 11.3 Å². The highest BCUT2D eigenvalue weighted by atomic mass is 35.5. The molecule has 3 amide bonds. The smallest absolute Gasteiger partial charge is 0.321 e. The average Bonchev–Trinajstić information content (AvgIpc) is 3.25. The van der Waals surface area contributed by atoms with Gasteiger partial charge >= 0.3 is 6.03 Å². The predicted octanol–water partition coefficient (Wildman–Crippen LogP) is 4.89. The quantitative estimate of drug-likeness (QED) is 0.606. The summed E-state index contributed by atoms with van der Waals surface area (Å²) in [6.07, 6.45) is 1.42. The van der Waals surface area contributed by atoms with E-state index in [2.05, 4.69) is 15.6 Å². The van der Waals surface area contributed by atoms with Gasteiger partial charge < -0.3 is 15.5 Å². The standard InChI is InChI=1S/C22H21ClN4O2S/c23-16-6-4-5-15(13-16)21-26-19(14-30-21)20(28)24-18-9-11-27(12-10-18)22(29)25-17-7-2-1-3-8-17/h1-8,13-14,18H,9-12H2,(H,24,28)(H,25,29). The minimum absolute atomic E-state index is 0.0228. The van der Waals surface area contributed by atoms with E-state index in [1.54, 1.807) is 16.3 Å². The van der Waals surface area contributed by atoms with Crippen molar-refractivity contribution in [1.82, 2.24) is 15.2 Å². The molecule has 4 rings (SSSR count). The fraction of sp³-hybridized carbons (Fsp3) is 0.227. The van der Waals surface area contributed by atoms with Gasteiger partial charge in [-0.3, -0.25) is 4.79 Å². The number of nitrogens with zero attached hydrogens (tertiary/aromatic N) is 2. The lowest BCUT2D eigenvalue weighted by Gasteiger charge is -2.32. The monoisotopic (exact) mass is 440 g/mol. The maximum absolute atomic E-state index is 12.6. The number of carbonyl (C=O) groups is 2. The summed E-state index contributed by atoms with van der Waals surface area (Å²) in [5, 5.41) is 9.09. The van der Waals surface area contributed by atoms with Crippen LogP contribution in [0.25, 0.3) is 10.6 Å². The summed E-state index contributed by atoms with van der Waals surface area (Å²) in [6.45, 7) is 1.18. The SMILES string of the molecule is O=C(NC1CCN(C(=O)Nc2ccccc2)CC1)c1csc(-c2cccc(Cl)c2)n1. The zero-order chi connectivity index (χ0) is 20.9. The Bertz CT molecular complexity index is 1030. The molecule has 1 aromatic heterocycles. The number of piperidine rings is 1. The molecule has 2 heterocycles. The zero-order valence-electron chi connectivity index (χ0n) is 16.2. The number of benzene rings is 2. The van der Waals surface area contributed by atoms with E-state index in [0.717, 1.165) is 16.3 Å². The molecule has 6 nitrogen and oxygen atoms in total. The van der Waals surface area contributed by atoms with E-state index in [0.29, 0.717) is 36.6 Å². The fourth-order valence-electron chi connectivity index (χ4n) is 3.34. The lowest BCUT2D eigenvalue weighted by molar-refractivity contribution is 0.0915. The second-order valence-electron chi connectivity index (χ2n) is 7.08. The average molecular weight is 441 g/mol. The Morgan fingerprint density at radius 1 is 1.07 bits per heavy atom. The lowest BCUT2D eigenvalue weighted by Crippen LogP contribution is -2.47. The number of hydrogen-bond acceptors (Lipinski definition) is 4. The Morgan fingerprint density at radius 2 is 1.83 bits per heavy atom. The molecule has 1 aliphatic heterocycles. The minimum Gasteiger partial charge on any atom is -0.348 e. The van der Waals surface area contributed by atoms with Crippen LogP contribution in [0.4, 0.5) is 10.5 Å². The number of carbonyl (C=O) groups excluding carboxylic acids is 2. The van der Waals surface area contributed by atoms with Crippen LogP contribution in [0.15, 0.2) is 60.0 Å². The third kappa shape index (κ3) is 4.98. The van der Waals surface area contributed by atoms with Gasteiger partial charge in [-0.05, 0) is 37.1 Å². The number of nitrogens with one attached hydrogen (secondary N) is 2. The number of halogens is 1. The molecule has 1 saturated heterocycles. The van der Waals surface area contributed by atoms with Crippen LogP contribution in [0, 0.1) is 0 Å². The Labute approximate surface area is 183 Å². The molecule has 1 fully saturated rings. The van der Waals surface area contributed by atoms with Crippen molar-refractivity contribution in [2.45, 2.75) is 18.9 Å². The molecule has 0 radical (unpaired) electrons. The Morgan fingerprint density at radius 3 is 2.57 bits per heavy atom. The third-order valence-electron chi connectivity index (χ3n) is 4.95. The van der Waals surface area contributed by atoms with Crippen LogP contribution >= 0.6 is 22.9 Å². The largest absolute Gasteiger partial charge is 0.348 e. The molecular weight excluding hydrogens is 420 g/mol. The zero-order valence-corrected chi connectivity index (χ0v) is 17.7. The third-order valence-corrected chi connectivity index (χ3v) is 6.08. The molecule has 0 unspecified atom stereocenters. The number of amides is 3. The molecule has 2 N–H and O–H groups in total. The van der Waals surface area contributed by atoms with Gasteiger partial charge in [0.15, 0.2) is 0 Å². The number of hydrogen-bond donors (Lipinski definition) is 2. The number of rotatable bonds is 4. The number of para-hydroxylation sites is 1. The molecule has 8 heteroatoms. The van der Waals surface area contributed by atoms with Crippen LogP contribution in [0.1, 0.15) is 23.3 Å². The van der Waals surface area contributed by atoms with Crippen molar-refractivity contribution in [2.24, 2.45) is 0 Å². The second-order valence-corrected chi connectivity index (χ2v) is 8.37. The molecule has 1 aliphatic rings. The van der Waals surface area contributed by atoms with Crippen molar-refractivity contribution >= 4 is 40.6 Å². The first-order chi connectivity index (χ1) is 14.6. The van der Waals surface area contributed by atoms with Crippen LogP contribution in [-0.4, -0.2) is 41.0 Å². The molecule has 0 aliphatic carbocycles. The van der Waals surface area contributed by atoms with Gasteiger partial charge in [0.25, 0.3) is 5.91 Å². The first-order valence-electron chi connectivity index (χ1n) is 9.72. The van der Waals surface area contributed by atoms with Crippen molar-refractivity contribution in [1.29, 1.82) is 0 Å². The second kappa shape index (κ2) is 9.28. The highest BCUT2D eigenvalue weighted by Crippen LogP contribution is 2.26. The van der Waals surface area contributed by atoms with Crippen molar-refractivity contribution in [3.63, 3.8) is 0 Å². The normalized spacial score (nSPS) is 14.4. The maximum atomic E-state index is 12.6. The molecule has 0 saturated carbocycles. The molecule has 154 valence electrons. The van der Waals surface area contributed by atoms with Crippen molar-refractivity contribution in [3.05, 3.63) is 70.7 Å². The van der Waals surface area contributed by atoms with E-state index < -0.39 is 0 Å². The maximum Gasteiger partial charge on any atom is 0.321 e. The molecule has 30 heavy (non-hydrogen) atoms. The number of aromatic nitrogens is 1. The van der Waals surface area contributed by atoms with Crippen LogP contribution in [0.5, 0.6) is 0 Å². The summed E-state index contributed by atoms with van der Waals surface area (Å²) >= 11 is 7.45. The number of anilines is 1. The number of thiazole rings is 1. The van der Waals surface area contributed by atoms with E-state index in [9.17, 15) is 9.59 Å². The van der Waals surface area contributed by atoms with E-state index in [4.69, 9.17) is 11.6 Å². The molecule has 3 aromatic rings. The first kappa shape index (κ1) is 20.4. The summed E-state index contributed by atoms with van der Waals surface area (Å²) in [4.78, 5) is 31.2. The molecular formula is C22H21ClN4O2S. The van der Waals surface area contributed by atoms with Gasteiger partial charge in [0.2, 0.25) is 0 Å². The van der Waals surface area contributed by atoms with E-state index in [1.165, 1.54) is 11.3 Å². The van der Waals surface area contributed by atoms with Gasteiger partial charge in [-0.1, -0.05) is 41.9 Å². The van der Waals surface area contributed by atoms with Crippen LogP contribution < -0.4 is 10.6 Å². The lowest BCUT2D eigenvalue weighted by atomic mass is 10.1. The number of likely N-dealkylation sites (tertiary alicyclic amines) is 1. The fourth-order valence-corrected chi connectivity index (χ4v) is 4.33. The van der Waals surface area contributed by atoms with E-state index in [1.807, 2.05) is 48.5 Å². The Kier molecular flexibility index (Phi) is 6.30. The van der Waals surface area contributed by atoms with E-state index >= 15 is 0 Å². The Hall–Kier alpha value is -2.90. The number of urea groups is 1. The summed E-state index contributed by atoms with van der Waals surface area (Å²) in [5.74, 6) is -0.188. The molecule has 0 spiro atoms. The predicted molar refractivity (Wildman–Crippen MR) is 120 cm³/mol. The summed E-state index contributed by atoms with van der Waals surface area (Å²) in [7, 11) is 0. The van der Waals surface area contributed by atoms with Crippen LogP contribution in [0.2, 0.25) is 5.02 Å². The summed E-state index contributed by atoms with van der Waals surface area (Å²) in [5.41, 5.74) is 2.07. The summed E-state index contributed by atoms with van der Waals surface area (Å²) in [6, 6.07) is 16.7. The van der Waals surface area contributed by atoms with Crippen LogP contribution in [0.3, 0.4) is 0 Å². The summed E-state index contributed by atoms with van der Waals surface area (Å²) < 4.78 is 0. The van der Waals surface area contributed by atoms with Gasteiger partial charge in [-0.25, -0.2) is 9.78 Å². The van der Waals surface area contributed by atoms with Gasteiger partial charge in [0.05, 0.1) is 0 Å². The molecule has 0 bridgehead atoms.